The van der Waals surface area contributed by atoms with E-state index in [0.717, 1.165) is 0 Å². The summed E-state index contributed by atoms with van der Waals surface area (Å²) in [4.78, 5) is 15.8. The van der Waals surface area contributed by atoms with Gasteiger partial charge in [-0.2, -0.15) is 0 Å². The van der Waals surface area contributed by atoms with Gasteiger partial charge in [0.25, 0.3) is 0 Å². The molecule has 0 amide bonds. The van der Waals surface area contributed by atoms with Crippen molar-refractivity contribution in [2.24, 2.45) is 0 Å². The lowest BCUT2D eigenvalue weighted by Crippen LogP contribution is -2.11. The van der Waals surface area contributed by atoms with Gasteiger partial charge in [-0.15, -0.1) is 0 Å². The van der Waals surface area contributed by atoms with Crippen molar-refractivity contribution in [1.29, 1.82) is 0 Å². The molecule has 23 heavy (non-hydrogen) atoms. The molecule has 0 saturated heterocycles. The molecule has 1 unspecified atom stereocenters. The smallest absolute Gasteiger partial charge is 0.312 e. The summed E-state index contributed by atoms with van der Waals surface area (Å²) in [6.45, 7) is 1.77. The van der Waals surface area contributed by atoms with Crippen molar-refractivity contribution in [2.45, 2.75) is 19.3 Å². The van der Waals surface area contributed by atoms with Gasteiger partial charge >= 0.3 is 5.97 Å². The van der Waals surface area contributed by atoms with E-state index in [0.29, 0.717) is 29.0 Å². The van der Waals surface area contributed by atoms with Crippen LogP contribution in [0.1, 0.15) is 25.0 Å². The van der Waals surface area contributed by atoms with Crippen LogP contribution in [0.15, 0.2) is 51.7 Å². The lowest BCUT2D eigenvalue weighted by atomic mass is 9.99. The Kier molecular flexibility index (Phi) is 3.97. The zero-order valence-corrected chi connectivity index (χ0v) is 12.3. The SMILES string of the molecule is CCC(C(=O)O)c1nc(-c2ccc(F)cc2)oc1-c1ccoc1. The molecule has 2 heterocycles. The molecule has 0 spiro atoms. The fourth-order valence-corrected chi connectivity index (χ4v) is 2.37. The molecule has 3 rings (SSSR count). The maximum atomic E-state index is 13.1. The number of oxazole rings is 1. The summed E-state index contributed by atoms with van der Waals surface area (Å²) in [5.74, 6) is -1.54. The first-order chi connectivity index (χ1) is 11.1. The molecule has 0 bridgehead atoms. The molecule has 0 fully saturated rings. The molecule has 5 nitrogen and oxygen atoms in total. The van der Waals surface area contributed by atoms with Gasteiger partial charge in [0.15, 0.2) is 5.76 Å². The summed E-state index contributed by atoms with van der Waals surface area (Å²) < 4.78 is 23.9. The van der Waals surface area contributed by atoms with Crippen LogP contribution in [0.5, 0.6) is 0 Å². The highest BCUT2D eigenvalue weighted by atomic mass is 19.1. The van der Waals surface area contributed by atoms with Gasteiger partial charge in [-0.05, 0) is 36.8 Å². The molecule has 6 heteroatoms. The Morgan fingerprint density at radius 3 is 2.57 bits per heavy atom. The van der Waals surface area contributed by atoms with Gasteiger partial charge in [-0.1, -0.05) is 6.92 Å². The van der Waals surface area contributed by atoms with Crippen molar-refractivity contribution in [3.63, 3.8) is 0 Å². The molecule has 1 aromatic carbocycles. The van der Waals surface area contributed by atoms with E-state index in [1.54, 1.807) is 13.0 Å². The number of hydrogen-bond donors (Lipinski definition) is 1. The first kappa shape index (κ1) is 15.0. The number of aromatic nitrogens is 1. The molecule has 0 aliphatic rings. The van der Waals surface area contributed by atoms with Crippen molar-refractivity contribution in [1.82, 2.24) is 4.98 Å². The van der Waals surface area contributed by atoms with Gasteiger partial charge in [-0.3, -0.25) is 4.79 Å². The van der Waals surface area contributed by atoms with Gasteiger partial charge in [-0.25, -0.2) is 9.37 Å². The fraction of sp³-hybridized carbons (Fsp3) is 0.176. The first-order valence-electron chi connectivity index (χ1n) is 7.12. The number of carboxylic acids is 1. The number of carboxylic acid groups (broad SMARTS) is 1. The van der Waals surface area contributed by atoms with E-state index < -0.39 is 11.9 Å². The molecule has 1 N–H and O–H groups in total. The summed E-state index contributed by atoms with van der Waals surface area (Å²) >= 11 is 0. The molecule has 3 aromatic rings. The van der Waals surface area contributed by atoms with Crippen molar-refractivity contribution >= 4 is 5.97 Å². The predicted octanol–water partition coefficient (Wildman–Crippen LogP) is 4.32. The third kappa shape index (κ3) is 2.88. The van der Waals surface area contributed by atoms with E-state index >= 15 is 0 Å². The largest absolute Gasteiger partial charge is 0.481 e. The van der Waals surface area contributed by atoms with Crippen LogP contribution in [0.2, 0.25) is 0 Å². The topological polar surface area (TPSA) is 76.5 Å². The fourth-order valence-electron chi connectivity index (χ4n) is 2.37. The maximum Gasteiger partial charge on any atom is 0.312 e. The van der Waals surface area contributed by atoms with Crippen LogP contribution in [0.3, 0.4) is 0 Å². The number of halogens is 1. The van der Waals surface area contributed by atoms with Crippen LogP contribution in [-0.4, -0.2) is 16.1 Å². The second-order valence-electron chi connectivity index (χ2n) is 5.05. The Morgan fingerprint density at radius 1 is 1.26 bits per heavy atom. The van der Waals surface area contributed by atoms with Crippen LogP contribution in [0.25, 0.3) is 22.8 Å². The Morgan fingerprint density at radius 2 is 2.00 bits per heavy atom. The van der Waals surface area contributed by atoms with Gasteiger partial charge in [0.05, 0.1) is 11.8 Å². The highest BCUT2D eigenvalue weighted by Crippen LogP contribution is 2.35. The van der Waals surface area contributed by atoms with E-state index in [2.05, 4.69) is 4.98 Å². The van der Waals surface area contributed by atoms with Crippen LogP contribution >= 0.6 is 0 Å². The van der Waals surface area contributed by atoms with Gasteiger partial charge in [0, 0.05) is 5.56 Å². The normalized spacial score (nSPS) is 12.3. The molecular formula is C17H14FNO4. The number of benzene rings is 1. The van der Waals surface area contributed by atoms with Crippen molar-refractivity contribution in [3.05, 3.63) is 54.4 Å². The Labute approximate surface area is 131 Å². The number of furan rings is 1. The third-order valence-corrected chi connectivity index (χ3v) is 3.56. The minimum Gasteiger partial charge on any atom is -0.481 e. The molecule has 1 atom stereocenters. The maximum absolute atomic E-state index is 13.1. The molecule has 2 aromatic heterocycles. The van der Waals surface area contributed by atoms with Gasteiger partial charge in [0.2, 0.25) is 5.89 Å². The molecule has 0 aliphatic carbocycles. The molecule has 0 radical (unpaired) electrons. The first-order valence-corrected chi connectivity index (χ1v) is 7.12. The monoisotopic (exact) mass is 315 g/mol. The van der Waals surface area contributed by atoms with E-state index in [-0.39, 0.29) is 11.7 Å². The van der Waals surface area contributed by atoms with Gasteiger partial charge < -0.3 is 13.9 Å². The van der Waals surface area contributed by atoms with Crippen LogP contribution in [0.4, 0.5) is 4.39 Å². The highest BCUT2D eigenvalue weighted by molar-refractivity contribution is 5.79. The third-order valence-electron chi connectivity index (χ3n) is 3.56. The number of carbonyl (C=O) groups is 1. The molecular weight excluding hydrogens is 301 g/mol. The minimum atomic E-state index is -0.976. The van der Waals surface area contributed by atoms with Crippen LogP contribution < -0.4 is 0 Å². The number of nitrogens with zero attached hydrogens (tertiary/aromatic N) is 1. The lowest BCUT2D eigenvalue weighted by Gasteiger charge is -2.06. The zero-order chi connectivity index (χ0) is 16.4. The quantitative estimate of drug-likeness (QED) is 0.758. The Bertz CT molecular complexity index is 806. The second-order valence-corrected chi connectivity index (χ2v) is 5.05. The minimum absolute atomic E-state index is 0.246. The van der Waals surface area contributed by atoms with Crippen molar-refractivity contribution < 1.29 is 23.1 Å². The van der Waals surface area contributed by atoms with Crippen LogP contribution in [-0.2, 0) is 4.79 Å². The van der Waals surface area contributed by atoms with E-state index in [1.165, 1.54) is 36.8 Å². The summed E-state index contributed by atoms with van der Waals surface area (Å²) in [6.07, 6.45) is 3.31. The summed E-state index contributed by atoms with van der Waals surface area (Å²) in [6, 6.07) is 7.33. The number of aliphatic carboxylic acids is 1. The van der Waals surface area contributed by atoms with Crippen molar-refractivity contribution in [3.8, 4) is 22.8 Å². The second kappa shape index (κ2) is 6.08. The predicted molar refractivity (Wildman–Crippen MR) is 80.3 cm³/mol. The number of rotatable bonds is 5. The summed E-state index contributed by atoms with van der Waals surface area (Å²) in [7, 11) is 0. The zero-order valence-electron chi connectivity index (χ0n) is 12.3. The van der Waals surface area contributed by atoms with E-state index in [9.17, 15) is 14.3 Å². The van der Waals surface area contributed by atoms with Crippen molar-refractivity contribution in [2.75, 3.05) is 0 Å². The lowest BCUT2D eigenvalue weighted by molar-refractivity contribution is -0.138. The standard InChI is InChI=1S/C17H14FNO4/c1-2-13(17(20)21)14-15(11-7-8-22-9-11)23-16(19-14)10-3-5-12(18)6-4-10/h3-9,13H,2H2,1H3,(H,20,21). The Hall–Kier alpha value is -2.89. The molecule has 0 aliphatic heterocycles. The average molecular weight is 315 g/mol. The number of hydrogen-bond acceptors (Lipinski definition) is 4. The van der Waals surface area contributed by atoms with E-state index in [4.69, 9.17) is 8.83 Å². The Balaban J connectivity index is 2.13. The molecule has 118 valence electrons. The van der Waals surface area contributed by atoms with Gasteiger partial charge in [0.1, 0.15) is 23.7 Å². The average Bonchev–Trinajstić information content (AvgIpc) is 3.17. The molecule has 0 saturated carbocycles. The van der Waals surface area contributed by atoms with E-state index in [1.807, 2.05) is 0 Å². The summed E-state index contributed by atoms with van der Waals surface area (Å²) in [5.41, 5.74) is 1.52. The van der Waals surface area contributed by atoms with Crippen LogP contribution in [0, 0.1) is 5.82 Å². The highest BCUT2D eigenvalue weighted by Gasteiger charge is 2.28. The summed E-state index contributed by atoms with van der Waals surface area (Å²) in [5, 5.41) is 9.41.